The molecule has 1 saturated heterocycles. The number of fused-ring (bicyclic) bond motifs is 2. The summed E-state index contributed by atoms with van der Waals surface area (Å²) in [7, 11) is 1.68. The third-order valence-electron chi connectivity index (χ3n) is 8.87. The topological polar surface area (TPSA) is 117 Å². The Morgan fingerprint density at radius 1 is 0.822 bits per heavy atom. The molecule has 1 aliphatic rings. The van der Waals surface area contributed by atoms with E-state index in [4.69, 9.17) is 5.73 Å². The fourth-order valence-corrected chi connectivity index (χ4v) is 6.17. The van der Waals surface area contributed by atoms with Crippen LogP contribution in [0.15, 0.2) is 84.9 Å². The van der Waals surface area contributed by atoms with E-state index >= 15 is 0 Å². The molecule has 4 aromatic rings. The number of carbonyl (C=O) groups is 3. The van der Waals surface area contributed by atoms with Crippen LogP contribution in [-0.4, -0.2) is 67.9 Å². The predicted molar refractivity (Wildman–Crippen MR) is 181 cm³/mol. The molecule has 0 aromatic heterocycles. The van der Waals surface area contributed by atoms with Gasteiger partial charge < -0.3 is 26.6 Å². The summed E-state index contributed by atoms with van der Waals surface area (Å²) in [6.07, 6.45) is 3.70. The average Bonchev–Trinajstić information content (AvgIpc) is 3.08. The molecule has 0 aliphatic carbocycles. The zero-order valence-corrected chi connectivity index (χ0v) is 26.1. The normalized spacial score (nSPS) is 15.0. The SMILES string of the molecule is CN(C(=O)C(Cc1ccc2ccccc2c1)NC(=O)C1CCNCC1)C(Cc1ccc2ccccc2c1)C(=O)NCCCCN. The number of nitrogens with one attached hydrogen (secondary N) is 3. The predicted octanol–water partition coefficient (Wildman–Crippen LogP) is 3.94. The minimum absolute atomic E-state index is 0.110. The highest BCUT2D eigenvalue weighted by Gasteiger charge is 2.34. The van der Waals surface area contributed by atoms with Gasteiger partial charge in [0.15, 0.2) is 0 Å². The van der Waals surface area contributed by atoms with Crippen molar-refractivity contribution in [1.29, 1.82) is 0 Å². The van der Waals surface area contributed by atoms with Gasteiger partial charge in [-0.2, -0.15) is 0 Å². The molecule has 45 heavy (non-hydrogen) atoms. The van der Waals surface area contributed by atoms with Gasteiger partial charge in [0, 0.05) is 32.4 Å². The Hall–Kier alpha value is -4.27. The van der Waals surface area contributed by atoms with Crippen molar-refractivity contribution in [2.24, 2.45) is 11.7 Å². The van der Waals surface area contributed by atoms with Gasteiger partial charge in [-0.25, -0.2) is 0 Å². The number of rotatable bonds is 13. The van der Waals surface area contributed by atoms with E-state index in [1.165, 1.54) is 4.90 Å². The molecule has 236 valence electrons. The van der Waals surface area contributed by atoms with E-state index < -0.39 is 12.1 Å². The van der Waals surface area contributed by atoms with Gasteiger partial charge in [-0.1, -0.05) is 84.9 Å². The molecule has 0 radical (unpaired) electrons. The minimum Gasteiger partial charge on any atom is -0.354 e. The Labute approximate surface area is 265 Å². The second kappa shape index (κ2) is 15.6. The monoisotopic (exact) mass is 607 g/mol. The van der Waals surface area contributed by atoms with Crippen LogP contribution in [0.1, 0.15) is 36.8 Å². The molecule has 0 bridgehead atoms. The second-order valence-corrected chi connectivity index (χ2v) is 12.1. The molecule has 3 amide bonds. The van der Waals surface area contributed by atoms with E-state index in [1.807, 2.05) is 60.7 Å². The van der Waals surface area contributed by atoms with Gasteiger partial charge in [0.05, 0.1) is 0 Å². The van der Waals surface area contributed by atoms with Crippen molar-refractivity contribution in [3.05, 3.63) is 96.1 Å². The highest BCUT2D eigenvalue weighted by atomic mass is 16.2. The maximum Gasteiger partial charge on any atom is 0.245 e. The third kappa shape index (κ3) is 8.47. The van der Waals surface area contributed by atoms with E-state index in [1.54, 1.807) is 7.05 Å². The fraction of sp³-hybridized carbons (Fsp3) is 0.378. The molecule has 8 nitrogen and oxygen atoms in total. The quantitative estimate of drug-likeness (QED) is 0.172. The summed E-state index contributed by atoms with van der Waals surface area (Å²) < 4.78 is 0. The first-order valence-electron chi connectivity index (χ1n) is 16.1. The number of unbranched alkanes of at least 4 members (excludes halogenated alkanes) is 1. The van der Waals surface area contributed by atoms with E-state index in [2.05, 4.69) is 40.2 Å². The summed E-state index contributed by atoms with van der Waals surface area (Å²) in [5, 5.41) is 13.8. The molecule has 1 aliphatic heterocycles. The van der Waals surface area contributed by atoms with Crippen molar-refractivity contribution >= 4 is 39.3 Å². The minimum atomic E-state index is -0.817. The van der Waals surface area contributed by atoms with Gasteiger partial charge in [0.25, 0.3) is 0 Å². The number of benzene rings is 4. The van der Waals surface area contributed by atoms with Crippen LogP contribution >= 0.6 is 0 Å². The van der Waals surface area contributed by atoms with Gasteiger partial charge in [0.2, 0.25) is 17.7 Å². The summed E-state index contributed by atoms with van der Waals surface area (Å²) in [4.78, 5) is 43.0. The number of likely N-dealkylation sites (N-methyl/N-ethyl adjacent to an activating group) is 1. The number of hydrogen-bond acceptors (Lipinski definition) is 5. The Bertz CT molecular complexity index is 1620. The molecule has 1 fully saturated rings. The standard InChI is InChI=1S/C37H45N5O3/c1-42(34(36(44)40-19-7-6-18-38)25-27-13-15-29-9-3-5-11-32(29)23-27)37(45)33(41-35(43)30-16-20-39-21-17-30)24-26-12-14-28-8-2-4-10-31(28)22-26/h2-5,8-15,22-23,30,33-34,39H,6-7,16-21,24-25,38H2,1H3,(H,40,44)(H,41,43). The lowest BCUT2D eigenvalue weighted by atomic mass is 9.95. The largest absolute Gasteiger partial charge is 0.354 e. The van der Waals surface area contributed by atoms with Crippen LogP contribution in [0.5, 0.6) is 0 Å². The lowest BCUT2D eigenvalue weighted by molar-refractivity contribution is -0.142. The molecular weight excluding hydrogens is 562 g/mol. The van der Waals surface area contributed by atoms with E-state index in [0.717, 1.165) is 71.4 Å². The Balaban J connectivity index is 1.41. The van der Waals surface area contributed by atoms with Gasteiger partial charge in [-0.15, -0.1) is 0 Å². The Morgan fingerprint density at radius 2 is 1.40 bits per heavy atom. The summed E-state index contributed by atoms with van der Waals surface area (Å²) in [5.74, 6) is -0.762. The van der Waals surface area contributed by atoms with Crippen molar-refractivity contribution in [1.82, 2.24) is 20.9 Å². The van der Waals surface area contributed by atoms with E-state index in [0.29, 0.717) is 25.9 Å². The molecule has 2 unspecified atom stereocenters. The van der Waals surface area contributed by atoms with E-state index in [-0.39, 0.29) is 23.6 Å². The third-order valence-corrected chi connectivity index (χ3v) is 8.87. The van der Waals surface area contributed by atoms with Gasteiger partial charge in [-0.05, 0) is 78.0 Å². The van der Waals surface area contributed by atoms with E-state index in [9.17, 15) is 14.4 Å². The molecule has 0 spiro atoms. The summed E-state index contributed by atoms with van der Waals surface area (Å²) in [5.41, 5.74) is 7.56. The number of carbonyl (C=O) groups excluding carboxylic acids is 3. The van der Waals surface area contributed by atoms with Crippen molar-refractivity contribution in [2.75, 3.05) is 33.2 Å². The Morgan fingerprint density at radius 3 is 2.00 bits per heavy atom. The molecule has 8 heteroatoms. The molecule has 0 saturated carbocycles. The molecule has 5 rings (SSSR count). The zero-order chi connectivity index (χ0) is 31.6. The number of piperidine rings is 1. The molecule has 4 aromatic carbocycles. The van der Waals surface area contributed by atoms with Crippen LogP contribution in [0.25, 0.3) is 21.5 Å². The molecular formula is C37H45N5O3. The lowest BCUT2D eigenvalue weighted by Gasteiger charge is -2.32. The van der Waals surface area contributed by atoms with Gasteiger partial charge >= 0.3 is 0 Å². The van der Waals surface area contributed by atoms with Crippen LogP contribution < -0.4 is 21.7 Å². The number of nitrogens with zero attached hydrogens (tertiary/aromatic N) is 1. The van der Waals surface area contributed by atoms with Gasteiger partial charge in [0.1, 0.15) is 12.1 Å². The highest BCUT2D eigenvalue weighted by Crippen LogP contribution is 2.21. The zero-order valence-electron chi connectivity index (χ0n) is 26.1. The van der Waals surface area contributed by atoms with Crippen LogP contribution in [0, 0.1) is 5.92 Å². The molecule has 5 N–H and O–H groups in total. The second-order valence-electron chi connectivity index (χ2n) is 12.1. The average molecular weight is 608 g/mol. The number of hydrogen-bond donors (Lipinski definition) is 4. The lowest BCUT2D eigenvalue weighted by Crippen LogP contribution is -2.56. The van der Waals surface area contributed by atoms with Crippen LogP contribution in [0.3, 0.4) is 0 Å². The first-order chi connectivity index (χ1) is 21.9. The van der Waals surface area contributed by atoms with Crippen molar-refractivity contribution in [3.8, 4) is 0 Å². The van der Waals surface area contributed by atoms with Gasteiger partial charge in [-0.3, -0.25) is 14.4 Å². The summed E-state index contributed by atoms with van der Waals surface area (Å²) >= 11 is 0. The molecule has 2 atom stereocenters. The highest BCUT2D eigenvalue weighted by molar-refractivity contribution is 5.93. The number of nitrogens with two attached hydrogens (primary N) is 1. The van der Waals surface area contributed by atoms with Crippen LogP contribution in [0.4, 0.5) is 0 Å². The summed E-state index contributed by atoms with van der Waals surface area (Å²) in [6, 6.07) is 26.9. The van der Waals surface area contributed by atoms with Crippen LogP contribution in [-0.2, 0) is 27.2 Å². The van der Waals surface area contributed by atoms with Crippen LogP contribution in [0.2, 0.25) is 0 Å². The molecule has 1 heterocycles. The smallest absolute Gasteiger partial charge is 0.245 e. The first kappa shape index (κ1) is 32.1. The Kier molecular flexibility index (Phi) is 11.2. The maximum atomic E-state index is 14.4. The first-order valence-corrected chi connectivity index (χ1v) is 16.1. The fourth-order valence-electron chi connectivity index (χ4n) is 6.17. The number of amides is 3. The van der Waals surface area contributed by atoms with Crippen molar-refractivity contribution in [2.45, 2.75) is 50.6 Å². The van der Waals surface area contributed by atoms with Crippen molar-refractivity contribution in [3.63, 3.8) is 0 Å². The maximum absolute atomic E-state index is 14.4. The van der Waals surface area contributed by atoms with Crippen molar-refractivity contribution < 1.29 is 14.4 Å². The summed E-state index contributed by atoms with van der Waals surface area (Å²) in [6.45, 7) is 2.60.